The van der Waals surface area contributed by atoms with Crippen LogP contribution in [0.3, 0.4) is 0 Å². The van der Waals surface area contributed by atoms with E-state index in [9.17, 15) is 15.0 Å². The molecule has 0 aromatic rings. The van der Waals surface area contributed by atoms with E-state index in [2.05, 4.69) is 19.9 Å². The van der Waals surface area contributed by atoms with Crippen LogP contribution in [-0.4, -0.2) is 34.5 Å². The van der Waals surface area contributed by atoms with Gasteiger partial charge in [-0.3, -0.25) is 0 Å². The molecule has 10 atom stereocenters. The van der Waals surface area contributed by atoms with Crippen LogP contribution in [0.25, 0.3) is 0 Å². The molecular formula is C24H32O4. The molecule has 3 saturated carbocycles. The zero-order chi connectivity index (χ0) is 19.5. The lowest BCUT2D eigenvalue weighted by Gasteiger charge is -2.58. The van der Waals surface area contributed by atoms with Crippen molar-refractivity contribution >= 4 is 6.29 Å². The van der Waals surface area contributed by atoms with Gasteiger partial charge in [-0.1, -0.05) is 37.1 Å². The SMILES string of the molecule is C[C@]12CCC(O)C=C1C[C@@H](C=O)C1C2=CC[C@@]2(C)C1[C@@H]1C[C@@H]1[C@@]21CCC(O)O1. The first kappa shape index (κ1) is 17.9. The van der Waals surface area contributed by atoms with Crippen LogP contribution in [0.4, 0.5) is 0 Å². The summed E-state index contributed by atoms with van der Waals surface area (Å²) in [7, 11) is 0. The number of hydrogen-bond acceptors (Lipinski definition) is 4. The lowest BCUT2D eigenvalue weighted by Crippen LogP contribution is -2.55. The van der Waals surface area contributed by atoms with Crippen LogP contribution < -0.4 is 0 Å². The molecule has 0 aromatic heterocycles. The Hall–Kier alpha value is -0.970. The molecular weight excluding hydrogens is 352 g/mol. The summed E-state index contributed by atoms with van der Waals surface area (Å²) in [4.78, 5) is 12.3. The first-order valence-corrected chi connectivity index (χ1v) is 11.2. The number of ether oxygens (including phenoxy) is 1. The average molecular weight is 385 g/mol. The second kappa shape index (κ2) is 5.39. The fourth-order valence-corrected chi connectivity index (χ4v) is 8.66. The summed E-state index contributed by atoms with van der Waals surface area (Å²) in [5, 5.41) is 20.4. The third-order valence-electron chi connectivity index (χ3n) is 9.97. The van der Waals surface area contributed by atoms with Gasteiger partial charge in [0.2, 0.25) is 0 Å². The van der Waals surface area contributed by atoms with E-state index in [0.29, 0.717) is 23.7 Å². The van der Waals surface area contributed by atoms with Crippen LogP contribution in [0, 0.1) is 40.4 Å². The van der Waals surface area contributed by atoms with Gasteiger partial charge in [-0.25, -0.2) is 0 Å². The Kier molecular flexibility index (Phi) is 3.43. The molecule has 1 aliphatic heterocycles. The Morgan fingerprint density at radius 3 is 2.75 bits per heavy atom. The van der Waals surface area contributed by atoms with E-state index >= 15 is 0 Å². The van der Waals surface area contributed by atoms with Crippen LogP contribution in [0.1, 0.15) is 58.8 Å². The van der Waals surface area contributed by atoms with E-state index in [1.807, 2.05) is 6.08 Å². The molecule has 4 heteroatoms. The minimum atomic E-state index is -0.623. The normalized spacial score (nSPS) is 58.9. The Labute approximate surface area is 167 Å². The molecule has 0 aromatic carbocycles. The maximum Gasteiger partial charge on any atom is 0.155 e. The fourth-order valence-electron chi connectivity index (χ4n) is 8.66. The van der Waals surface area contributed by atoms with Gasteiger partial charge in [-0.2, -0.15) is 0 Å². The fraction of sp³-hybridized carbons (Fsp3) is 0.792. The number of aldehydes is 1. The molecule has 2 N–H and O–H groups in total. The topological polar surface area (TPSA) is 66.8 Å². The Balaban J connectivity index is 1.48. The van der Waals surface area contributed by atoms with Crippen LogP contribution in [0.2, 0.25) is 0 Å². The highest BCUT2D eigenvalue weighted by Gasteiger charge is 2.78. The largest absolute Gasteiger partial charge is 0.389 e. The quantitative estimate of drug-likeness (QED) is 0.537. The zero-order valence-electron chi connectivity index (χ0n) is 16.9. The molecule has 1 heterocycles. The van der Waals surface area contributed by atoms with E-state index in [0.717, 1.165) is 38.5 Å². The number of carbonyl (C=O) groups excluding carboxylic acids is 1. The highest BCUT2D eigenvalue weighted by Crippen LogP contribution is 2.78. The van der Waals surface area contributed by atoms with Crippen molar-refractivity contribution in [3.8, 4) is 0 Å². The number of carbonyl (C=O) groups is 1. The maximum absolute atomic E-state index is 12.3. The van der Waals surface area contributed by atoms with Gasteiger partial charge in [-0.15, -0.1) is 0 Å². The van der Waals surface area contributed by atoms with Gasteiger partial charge in [-0.05, 0) is 62.2 Å². The highest BCUT2D eigenvalue weighted by molar-refractivity contribution is 5.60. The van der Waals surface area contributed by atoms with Gasteiger partial charge in [0, 0.05) is 23.2 Å². The van der Waals surface area contributed by atoms with E-state index < -0.39 is 6.29 Å². The van der Waals surface area contributed by atoms with Gasteiger partial charge < -0.3 is 19.7 Å². The molecule has 1 saturated heterocycles. The van der Waals surface area contributed by atoms with Crippen LogP contribution in [0.15, 0.2) is 23.3 Å². The van der Waals surface area contributed by atoms with Crippen LogP contribution >= 0.6 is 0 Å². The molecule has 1 spiro atoms. The summed E-state index contributed by atoms with van der Waals surface area (Å²) < 4.78 is 6.32. The molecule has 4 nitrogen and oxygen atoms in total. The predicted octanol–water partition coefficient (Wildman–Crippen LogP) is 3.38. The Morgan fingerprint density at radius 1 is 1.21 bits per heavy atom. The Bertz CT molecular complexity index is 800. The third kappa shape index (κ3) is 1.91. The van der Waals surface area contributed by atoms with Crippen LogP contribution in [-0.2, 0) is 9.53 Å². The summed E-state index contributed by atoms with van der Waals surface area (Å²) in [5.74, 6) is 1.96. The summed E-state index contributed by atoms with van der Waals surface area (Å²) in [5.41, 5.74) is 2.57. The summed E-state index contributed by atoms with van der Waals surface area (Å²) in [6.45, 7) is 4.73. The number of aliphatic hydroxyl groups excluding tert-OH is 2. The number of hydrogen-bond donors (Lipinski definition) is 2. The number of allylic oxidation sites excluding steroid dienone is 3. The van der Waals surface area contributed by atoms with Crippen molar-refractivity contribution in [1.82, 2.24) is 0 Å². The van der Waals surface area contributed by atoms with Crippen molar-refractivity contribution < 1.29 is 19.7 Å². The zero-order valence-corrected chi connectivity index (χ0v) is 16.9. The van der Waals surface area contributed by atoms with Crippen molar-refractivity contribution in [2.45, 2.75) is 76.8 Å². The number of aliphatic hydroxyl groups is 2. The second-order valence-electron chi connectivity index (χ2n) is 11.0. The van der Waals surface area contributed by atoms with E-state index in [1.165, 1.54) is 23.9 Å². The smallest absolute Gasteiger partial charge is 0.155 e. The average Bonchev–Trinajstić information content (AvgIpc) is 3.30. The number of fused-ring (bicyclic) bond motifs is 9. The first-order chi connectivity index (χ1) is 13.3. The molecule has 0 radical (unpaired) electrons. The van der Waals surface area contributed by atoms with Gasteiger partial charge in [0.05, 0.1) is 11.7 Å². The third-order valence-corrected chi connectivity index (χ3v) is 9.97. The predicted molar refractivity (Wildman–Crippen MR) is 104 cm³/mol. The van der Waals surface area contributed by atoms with Gasteiger partial charge in [0.15, 0.2) is 6.29 Å². The van der Waals surface area contributed by atoms with Crippen molar-refractivity contribution in [2.24, 2.45) is 40.4 Å². The summed E-state index contributed by atoms with van der Waals surface area (Å²) in [6, 6.07) is 0. The van der Waals surface area contributed by atoms with Crippen molar-refractivity contribution in [3.05, 3.63) is 23.3 Å². The molecule has 4 fully saturated rings. The van der Waals surface area contributed by atoms with E-state index in [1.54, 1.807) is 0 Å². The minimum Gasteiger partial charge on any atom is -0.389 e. The molecule has 0 bridgehead atoms. The van der Waals surface area contributed by atoms with Crippen LogP contribution in [0.5, 0.6) is 0 Å². The van der Waals surface area contributed by atoms with E-state index in [4.69, 9.17) is 4.74 Å². The van der Waals surface area contributed by atoms with Crippen molar-refractivity contribution in [1.29, 1.82) is 0 Å². The summed E-state index contributed by atoms with van der Waals surface area (Å²) in [6.07, 6.45) is 11.2. The molecule has 6 rings (SSSR count). The monoisotopic (exact) mass is 384 g/mol. The standard InChI is InChI=1S/C24H32O4/c1-22-6-3-15(26)10-14(22)9-13(12-25)20-17(22)4-7-23(2)21(20)16-11-18(16)24(23)8-5-19(27)28-24/h4,10,12-13,15-16,18-21,26-27H,3,5-9,11H2,1-2H3/t13-,15?,16+,18-,19?,20?,21?,22-,23-,24-/m0/s1. The Morgan fingerprint density at radius 2 is 2.04 bits per heavy atom. The first-order valence-electron chi connectivity index (χ1n) is 11.2. The second-order valence-corrected chi connectivity index (χ2v) is 11.0. The molecule has 28 heavy (non-hydrogen) atoms. The van der Waals surface area contributed by atoms with Gasteiger partial charge in [0.25, 0.3) is 0 Å². The molecule has 0 amide bonds. The van der Waals surface area contributed by atoms with Gasteiger partial charge >= 0.3 is 0 Å². The van der Waals surface area contributed by atoms with Gasteiger partial charge in [0.1, 0.15) is 6.29 Å². The highest BCUT2D eigenvalue weighted by atomic mass is 16.6. The molecule has 4 unspecified atom stereocenters. The lowest BCUT2D eigenvalue weighted by molar-refractivity contribution is -0.195. The maximum atomic E-state index is 12.3. The molecule has 152 valence electrons. The number of rotatable bonds is 1. The summed E-state index contributed by atoms with van der Waals surface area (Å²) >= 11 is 0. The minimum absolute atomic E-state index is 0.000916. The van der Waals surface area contributed by atoms with Crippen molar-refractivity contribution in [2.75, 3.05) is 0 Å². The lowest BCUT2D eigenvalue weighted by atomic mass is 9.47. The molecule has 6 aliphatic rings. The van der Waals surface area contributed by atoms with E-state index in [-0.39, 0.29) is 28.5 Å². The van der Waals surface area contributed by atoms with Crippen molar-refractivity contribution in [3.63, 3.8) is 0 Å². The molecule has 5 aliphatic carbocycles.